The quantitative estimate of drug-likeness (QED) is 0.876. The summed E-state index contributed by atoms with van der Waals surface area (Å²) in [6.07, 6.45) is 1.80. The van der Waals surface area contributed by atoms with Gasteiger partial charge >= 0.3 is 0 Å². The molecule has 1 aromatic heterocycles. The first-order valence-electron chi connectivity index (χ1n) is 5.87. The highest BCUT2D eigenvalue weighted by molar-refractivity contribution is 7.99. The van der Waals surface area contributed by atoms with Crippen LogP contribution >= 0.6 is 35.0 Å². The van der Waals surface area contributed by atoms with Gasteiger partial charge < -0.3 is 5.32 Å². The average Bonchev–Trinajstić information content (AvgIpc) is 2.43. The zero-order valence-corrected chi connectivity index (χ0v) is 13.0. The molecule has 19 heavy (non-hydrogen) atoms. The fraction of sp³-hybridized carbons (Fsp3) is 0.214. The topological polar surface area (TPSA) is 24.9 Å². The van der Waals surface area contributed by atoms with E-state index >= 15 is 0 Å². The summed E-state index contributed by atoms with van der Waals surface area (Å²) < 4.78 is 0. The Balaban J connectivity index is 2.30. The first-order valence-corrected chi connectivity index (χ1v) is 7.44. The maximum Gasteiger partial charge on any atom is 0.105 e. The second-order valence-corrected chi connectivity index (χ2v) is 5.96. The fourth-order valence-corrected chi connectivity index (χ4v) is 3.00. The van der Waals surface area contributed by atoms with E-state index in [1.54, 1.807) is 24.0 Å². The van der Waals surface area contributed by atoms with E-state index in [0.29, 0.717) is 10.0 Å². The maximum absolute atomic E-state index is 6.03. The molecule has 0 spiro atoms. The molecule has 1 N–H and O–H groups in total. The van der Waals surface area contributed by atoms with Crippen molar-refractivity contribution in [2.45, 2.75) is 22.9 Å². The molecule has 5 heteroatoms. The summed E-state index contributed by atoms with van der Waals surface area (Å²) in [5.41, 5.74) is 1.17. The predicted molar refractivity (Wildman–Crippen MR) is 82.3 cm³/mol. The van der Waals surface area contributed by atoms with Crippen molar-refractivity contribution >= 4 is 35.0 Å². The molecule has 0 fully saturated rings. The minimum atomic E-state index is 0.249. The Morgan fingerprint density at radius 3 is 2.68 bits per heavy atom. The van der Waals surface area contributed by atoms with Gasteiger partial charge in [-0.15, -0.1) is 0 Å². The van der Waals surface area contributed by atoms with Crippen LogP contribution in [0.1, 0.15) is 18.5 Å². The molecule has 0 saturated heterocycles. The predicted octanol–water partition coefficient (Wildman–Crippen LogP) is 4.82. The third-order valence-electron chi connectivity index (χ3n) is 2.81. The van der Waals surface area contributed by atoms with E-state index < -0.39 is 0 Å². The monoisotopic (exact) mass is 312 g/mol. The Labute approximate surface area is 127 Å². The van der Waals surface area contributed by atoms with Crippen LogP contribution < -0.4 is 5.32 Å². The molecule has 0 aliphatic heterocycles. The van der Waals surface area contributed by atoms with Gasteiger partial charge in [-0.05, 0) is 38.2 Å². The molecule has 0 bridgehead atoms. The van der Waals surface area contributed by atoms with Crippen LogP contribution in [0.25, 0.3) is 0 Å². The van der Waals surface area contributed by atoms with Crippen molar-refractivity contribution in [3.05, 3.63) is 52.1 Å². The number of aromatic nitrogens is 1. The van der Waals surface area contributed by atoms with Gasteiger partial charge in [0.15, 0.2) is 0 Å². The van der Waals surface area contributed by atoms with Gasteiger partial charge in [-0.2, -0.15) is 0 Å². The number of rotatable bonds is 4. The number of nitrogens with one attached hydrogen (secondary N) is 1. The molecule has 100 valence electrons. The smallest absolute Gasteiger partial charge is 0.105 e. The first-order chi connectivity index (χ1) is 9.11. The summed E-state index contributed by atoms with van der Waals surface area (Å²) in [4.78, 5) is 5.47. The molecule has 2 rings (SSSR count). The summed E-state index contributed by atoms with van der Waals surface area (Å²) >= 11 is 13.5. The molecular weight excluding hydrogens is 299 g/mol. The lowest BCUT2D eigenvalue weighted by Crippen LogP contribution is -2.13. The van der Waals surface area contributed by atoms with Crippen molar-refractivity contribution in [2.24, 2.45) is 0 Å². The molecule has 0 aliphatic carbocycles. The third kappa shape index (κ3) is 3.63. The number of halogens is 2. The number of nitrogens with zero attached hydrogens (tertiary/aromatic N) is 1. The Morgan fingerprint density at radius 1 is 1.21 bits per heavy atom. The molecule has 0 radical (unpaired) electrons. The number of benzene rings is 1. The molecule has 1 unspecified atom stereocenters. The molecular formula is C14H14Cl2N2S. The van der Waals surface area contributed by atoms with Crippen molar-refractivity contribution in [1.82, 2.24) is 10.3 Å². The van der Waals surface area contributed by atoms with Crippen molar-refractivity contribution in [3.8, 4) is 0 Å². The van der Waals surface area contributed by atoms with E-state index in [1.807, 2.05) is 25.2 Å². The molecule has 1 aromatic carbocycles. The SMILES string of the molecule is CNC(C)c1cccnc1Sc1ccc(Cl)c(Cl)c1. The van der Waals surface area contributed by atoms with Crippen molar-refractivity contribution < 1.29 is 0 Å². The second-order valence-electron chi connectivity index (χ2n) is 4.09. The lowest BCUT2D eigenvalue weighted by atomic mass is 10.1. The van der Waals surface area contributed by atoms with Crippen LogP contribution in [0.4, 0.5) is 0 Å². The molecule has 2 aromatic rings. The summed E-state index contributed by atoms with van der Waals surface area (Å²) in [5.74, 6) is 0. The molecule has 1 atom stereocenters. The lowest BCUT2D eigenvalue weighted by Gasteiger charge is -2.14. The van der Waals surface area contributed by atoms with E-state index in [0.717, 1.165) is 9.92 Å². The first kappa shape index (κ1) is 14.7. The van der Waals surface area contributed by atoms with Gasteiger partial charge in [0.05, 0.1) is 10.0 Å². The summed E-state index contributed by atoms with van der Waals surface area (Å²) in [5, 5.41) is 5.33. The highest BCUT2D eigenvalue weighted by Crippen LogP contribution is 2.34. The van der Waals surface area contributed by atoms with E-state index in [-0.39, 0.29) is 6.04 Å². The number of pyridine rings is 1. The molecule has 1 heterocycles. The highest BCUT2D eigenvalue weighted by Gasteiger charge is 2.11. The molecule has 0 aliphatic rings. The second kappa shape index (κ2) is 6.62. The van der Waals surface area contributed by atoms with Gasteiger partial charge in [-0.3, -0.25) is 0 Å². The summed E-state index contributed by atoms with van der Waals surface area (Å²) in [6.45, 7) is 2.11. The van der Waals surface area contributed by atoms with Gasteiger partial charge in [-0.1, -0.05) is 41.0 Å². The average molecular weight is 313 g/mol. The summed E-state index contributed by atoms with van der Waals surface area (Å²) in [7, 11) is 1.94. The van der Waals surface area contributed by atoms with Crippen molar-refractivity contribution in [2.75, 3.05) is 7.05 Å². The Bertz CT molecular complexity index is 575. The molecule has 2 nitrogen and oxygen atoms in total. The third-order valence-corrected chi connectivity index (χ3v) is 4.57. The van der Waals surface area contributed by atoms with E-state index in [4.69, 9.17) is 23.2 Å². The molecule has 0 saturated carbocycles. The minimum Gasteiger partial charge on any atom is -0.313 e. The van der Waals surface area contributed by atoms with E-state index in [9.17, 15) is 0 Å². The van der Waals surface area contributed by atoms with Gasteiger partial charge in [-0.25, -0.2) is 4.98 Å². The normalized spacial score (nSPS) is 12.4. The van der Waals surface area contributed by atoms with Crippen LogP contribution in [0.15, 0.2) is 46.5 Å². The highest BCUT2D eigenvalue weighted by atomic mass is 35.5. The molecule has 0 amide bonds. The minimum absolute atomic E-state index is 0.249. The maximum atomic E-state index is 6.03. The van der Waals surface area contributed by atoms with E-state index in [1.165, 1.54) is 5.56 Å². The number of hydrogen-bond donors (Lipinski definition) is 1. The lowest BCUT2D eigenvalue weighted by molar-refractivity contribution is 0.634. The Hall–Kier alpha value is -0.740. The van der Waals surface area contributed by atoms with Crippen LogP contribution in [0.2, 0.25) is 10.0 Å². The van der Waals surface area contributed by atoms with Gasteiger partial charge in [0.25, 0.3) is 0 Å². The van der Waals surface area contributed by atoms with Crippen LogP contribution in [-0.4, -0.2) is 12.0 Å². The number of hydrogen-bond acceptors (Lipinski definition) is 3. The zero-order chi connectivity index (χ0) is 13.8. The van der Waals surface area contributed by atoms with Gasteiger partial charge in [0, 0.05) is 22.7 Å². The van der Waals surface area contributed by atoms with Gasteiger partial charge in [0.2, 0.25) is 0 Å². The van der Waals surface area contributed by atoms with Gasteiger partial charge in [0.1, 0.15) is 5.03 Å². The largest absolute Gasteiger partial charge is 0.313 e. The zero-order valence-electron chi connectivity index (χ0n) is 10.7. The Kier molecular flexibility index (Phi) is 5.11. The van der Waals surface area contributed by atoms with Crippen LogP contribution in [-0.2, 0) is 0 Å². The fourth-order valence-electron chi connectivity index (χ4n) is 1.63. The van der Waals surface area contributed by atoms with Crippen molar-refractivity contribution in [1.29, 1.82) is 0 Å². The van der Waals surface area contributed by atoms with Crippen LogP contribution in [0.5, 0.6) is 0 Å². The van der Waals surface area contributed by atoms with E-state index in [2.05, 4.69) is 23.3 Å². The standard InChI is InChI=1S/C14H14Cl2N2S/c1-9(17-2)11-4-3-7-18-14(11)19-10-5-6-12(15)13(16)8-10/h3-9,17H,1-2H3. The Morgan fingerprint density at radius 2 is 2.00 bits per heavy atom. The van der Waals surface area contributed by atoms with Crippen molar-refractivity contribution in [3.63, 3.8) is 0 Å². The van der Waals surface area contributed by atoms with Crippen LogP contribution in [0.3, 0.4) is 0 Å². The summed E-state index contributed by atoms with van der Waals surface area (Å²) in [6, 6.07) is 9.88. The van der Waals surface area contributed by atoms with Crippen LogP contribution in [0, 0.1) is 0 Å².